The fraction of sp³-hybridized carbons (Fsp3) is 0.444. The highest BCUT2D eigenvalue weighted by Gasteiger charge is 2.17. The lowest BCUT2D eigenvalue weighted by molar-refractivity contribution is 0.0690. The number of anilines is 1. The maximum atomic E-state index is 10.8. The van der Waals surface area contributed by atoms with Crippen LogP contribution in [0.5, 0.6) is 0 Å². The van der Waals surface area contributed by atoms with E-state index in [4.69, 9.17) is 5.11 Å². The number of hydrogen-bond donors (Lipinski definition) is 1. The molecule has 0 amide bonds. The molecule has 1 aliphatic rings. The second-order valence-corrected chi connectivity index (χ2v) is 4.19. The summed E-state index contributed by atoms with van der Waals surface area (Å²) in [5, 5.41) is 8.85. The zero-order valence-corrected chi connectivity index (χ0v) is 9.57. The van der Waals surface area contributed by atoms with Gasteiger partial charge in [-0.25, -0.2) is 14.8 Å². The minimum atomic E-state index is -1.03. The molecule has 2 heterocycles. The molecule has 0 radical (unpaired) electrons. The van der Waals surface area contributed by atoms with Crippen molar-refractivity contribution in [3.63, 3.8) is 0 Å². The number of aromatic nitrogens is 2. The van der Waals surface area contributed by atoms with E-state index >= 15 is 0 Å². The smallest absolute Gasteiger partial charge is 0.354 e. The molecule has 1 aromatic rings. The Morgan fingerprint density at radius 1 is 1.40 bits per heavy atom. The fourth-order valence-corrected chi connectivity index (χ4v) is 1.95. The number of nitrogens with zero attached hydrogens (tertiary/aromatic N) is 3. The zero-order chi connectivity index (χ0) is 10.8. The molecule has 0 unspecified atom stereocenters. The minimum absolute atomic E-state index is 0.0266. The van der Waals surface area contributed by atoms with Crippen molar-refractivity contribution in [1.82, 2.24) is 9.97 Å². The molecule has 0 saturated carbocycles. The molecular weight excluding hydrogens is 262 g/mol. The number of rotatable bonds is 2. The van der Waals surface area contributed by atoms with Gasteiger partial charge < -0.3 is 10.0 Å². The lowest BCUT2D eigenvalue weighted by atomic mass is 10.4. The van der Waals surface area contributed by atoms with Crippen molar-refractivity contribution in [3.05, 3.63) is 16.4 Å². The maximum Gasteiger partial charge on any atom is 0.354 e. The summed E-state index contributed by atoms with van der Waals surface area (Å²) in [7, 11) is 0. The molecule has 0 aromatic carbocycles. The van der Waals surface area contributed by atoms with Crippen LogP contribution in [0.2, 0.25) is 0 Å². The first-order chi connectivity index (χ1) is 7.16. The van der Waals surface area contributed by atoms with Crippen LogP contribution in [0.15, 0.2) is 10.7 Å². The second kappa shape index (κ2) is 4.14. The molecule has 0 bridgehead atoms. The summed E-state index contributed by atoms with van der Waals surface area (Å²) < 4.78 is 0.511. The number of carbonyl (C=O) groups is 1. The molecule has 1 aromatic heterocycles. The first-order valence-corrected chi connectivity index (χ1v) is 5.49. The van der Waals surface area contributed by atoms with Crippen molar-refractivity contribution in [1.29, 1.82) is 0 Å². The van der Waals surface area contributed by atoms with E-state index in [0.29, 0.717) is 10.6 Å². The van der Waals surface area contributed by atoms with Gasteiger partial charge in [-0.05, 0) is 28.8 Å². The maximum absolute atomic E-state index is 10.8. The molecular formula is C9H10BrN3O2. The van der Waals surface area contributed by atoms with Gasteiger partial charge >= 0.3 is 5.97 Å². The van der Waals surface area contributed by atoms with Crippen LogP contribution in [0.4, 0.5) is 5.95 Å². The van der Waals surface area contributed by atoms with Gasteiger partial charge in [-0.3, -0.25) is 0 Å². The number of halogens is 1. The van der Waals surface area contributed by atoms with Crippen molar-refractivity contribution in [2.24, 2.45) is 0 Å². The summed E-state index contributed by atoms with van der Waals surface area (Å²) in [4.78, 5) is 21.0. The first-order valence-electron chi connectivity index (χ1n) is 4.69. The second-order valence-electron chi connectivity index (χ2n) is 3.38. The van der Waals surface area contributed by atoms with Gasteiger partial charge in [0.2, 0.25) is 5.95 Å². The van der Waals surface area contributed by atoms with Gasteiger partial charge in [-0.2, -0.15) is 0 Å². The lowest BCUT2D eigenvalue weighted by Crippen LogP contribution is -2.21. The van der Waals surface area contributed by atoms with Gasteiger partial charge in [0, 0.05) is 19.2 Å². The van der Waals surface area contributed by atoms with E-state index in [2.05, 4.69) is 25.9 Å². The highest BCUT2D eigenvalue weighted by molar-refractivity contribution is 9.10. The zero-order valence-electron chi connectivity index (χ0n) is 7.98. The number of aromatic carboxylic acids is 1. The van der Waals surface area contributed by atoms with Crippen LogP contribution in [-0.2, 0) is 0 Å². The Morgan fingerprint density at radius 3 is 2.67 bits per heavy atom. The molecule has 5 nitrogen and oxygen atoms in total. The van der Waals surface area contributed by atoms with Crippen LogP contribution >= 0.6 is 15.9 Å². The summed E-state index contributed by atoms with van der Waals surface area (Å²) in [5.74, 6) is -0.530. The highest BCUT2D eigenvalue weighted by Crippen LogP contribution is 2.18. The van der Waals surface area contributed by atoms with Crippen molar-refractivity contribution in [2.75, 3.05) is 18.0 Å². The standard InChI is InChI=1S/C9H10BrN3O2/c10-7-5-6(8(14)15)11-9(12-7)13-3-1-2-4-13/h5H,1-4H2,(H,14,15). The average Bonchev–Trinajstić information content (AvgIpc) is 2.69. The number of carboxylic acids is 1. The Kier molecular flexibility index (Phi) is 2.86. The van der Waals surface area contributed by atoms with Gasteiger partial charge in [-0.1, -0.05) is 0 Å². The highest BCUT2D eigenvalue weighted by atomic mass is 79.9. The van der Waals surface area contributed by atoms with Gasteiger partial charge in [0.25, 0.3) is 0 Å². The quantitative estimate of drug-likeness (QED) is 0.827. The molecule has 2 rings (SSSR count). The van der Waals surface area contributed by atoms with Crippen molar-refractivity contribution >= 4 is 27.8 Å². The number of carboxylic acid groups (broad SMARTS) is 1. The normalized spacial score (nSPS) is 15.7. The Balaban J connectivity index is 2.34. The Morgan fingerprint density at radius 2 is 2.07 bits per heavy atom. The summed E-state index contributed by atoms with van der Waals surface area (Å²) in [6.07, 6.45) is 2.22. The third-order valence-electron chi connectivity index (χ3n) is 2.29. The predicted octanol–water partition coefficient (Wildman–Crippen LogP) is 1.54. The van der Waals surface area contributed by atoms with Crippen molar-refractivity contribution < 1.29 is 9.90 Å². The summed E-state index contributed by atoms with van der Waals surface area (Å²) >= 11 is 3.19. The Hall–Kier alpha value is -1.17. The van der Waals surface area contributed by atoms with Gasteiger partial charge in [0.15, 0.2) is 5.69 Å². The predicted molar refractivity (Wildman–Crippen MR) is 58.1 cm³/mol. The summed E-state index contributed by atoms with van der Waals surface area (Å²) in [6.45, 7) is 1.80. The van der Waals surface area contributed by atoms with E-state index in [0.717, 1.165) is 25.9 Å². The van der Waals surface area contributed by atoms with Crippen molar-refractivity contribution in [2.45, 2.75) is 12.8 Å². The van der Waals surface area contributed by atoms with Crippen LogP contribution in [0.1, 0.15) is 23.3 Å². The van der Waals surface area contributed by atoms with Crippen molar-refractivity contribution in [3.8, 4) is 0 Å². The lowest BCUT2D eigenvalue weighted by Gasteiger charge is -2.15. The molecule has 15 heavy (non-hydrogen) atoms. The molecule has 1 N–H and O–H groups in total. The summed E-state index contributed by atoms with van der Waals surface area (Å²) in [6, 6.07) is 1.40. The number of hydrogen-bond acceptors (Lipinski definition) is 4. The molecule has 1 aliphatic heterocycles. The molecule has 0 aliphatic carbocycles. The largest absolute Gasteiger partial charge is 0.477 e. The van der Waals surface area contributed by atoms with Crippen LogP contribution in [0, 0.1) is 0 Å². The van der Waals surface area contributed by atoms with Crippen LogP contribution < -0.4 is 4.90 Å². The Labute approximate surface area is 95.3 Å². The van der Waals surface area contributed by atoms with E-state index in [1.54, 1.807) is 0 Å². The molecule has 1 fully saturated rings. The fourth-order valence-electron chi connectivity index (χ4n) is 1.57. The van der Waals surface area contributed by atoms with E-state index in [1.807, 2.05) is 4.90 Å². The van der Waals surface area contributed by atoms with E-state index in [9.17, 15) is 4.79 Å². The molecule has 6 heteroatoms. The topological polar surface area (TPSA) is 66.3 Å². The molecule has 0 atom stereocenters. The van der Waals surface area contributed by atoms with E-state index < -0.39 is 5.97 Å². The van der Waals surface area contributed by atoms with Gasteiger partial charge in [0.05, 0.1) is 0 Å². The summed E-state index contributed by atoms with van der Waals surface area (Å²) in [5.41, 5.74) is 0.0266. The third-order valence-corrected chi connectivity index (χ3v) is 2.70. The SMILES string of the molecule is O=C(O)c1cc(Br)nc(N2CCCC2)n1. The first kappa shape index (κ1) is 10.4. The molecule has 0 spiro atoms. The van der Waals surface area contributed by atoms with Crippen LogP contribution in [-0.4, -0.2) is 34.1 Å². The Bertz CT molecular complexity index is 391. The monoisotopic (exact) mass is 271 g/mol. The van der Waals surface area contributed by atoms with Gasteiger partial charge in [0.1, 0.15) is 4.60 Å². The third kappa shape index (κ3) is 2.26. The van der Waals surface area contributed by atoms with E-state index in [-0.39, 0.29) is 5.69 Å². The van der Waals surface area contributed by atoms with Crippen LogP contribution in [0.3, 0.4) is 0 Å². The average molecular weight is 272 g/mol. The van der Waals surface area contributed by atoms with Gasteiger partial charge in [-0.15, -0.1) is 0 Å². The van der Waals surface area contributed by atoms with E-state index in [1.165, 1.54) is 6.07 Å². The molecule has 1 saturated heterocycles. The minimum Gasteiger partial charge on any atom is -0.477 e. The molecule has 80 valence electrons. The van der Waals surface area contributed by atoms with Crippen LogP contribution in [0.25, 0.3) is 0 Å².